The number of nitrogens with zero attached hydrogens (tertiary/aromatic N) is 2. The van der Waals surface area contributed by atoms with Crippen molar-refractivity contribution < 1.29 is 4.79 Å². The summed E-state index contributed by atoms with van der Waals surface area (Å²) >= 11 is 3.32. The molecular weight excluding hydrogens is 341 g/mol. The lowest BCUT2D eigenvalue weighted by Crippen LogP contribution is -2.38. The van der Waals surface area contributed by atoms with Gasteiger partial charge in [-0.15, -0.1) is 24.8 Å². The lowest BCUT2D eigenvalue weighted by Gasteiger charge is -2.23. The normalized spacial score (nSPS) is 17.6. The van der Waals surface area contributed by atoms with E-state index in [-0.39, 0.29) is 30.7 Å². The van der Waals surface area contributed by atoms with Crippen molar-refractivity contribution in [1.29, 1.82) is 0 Å². The number of hydrogen-bond acceptors (Lipinski definition) is 3. The van der Waals surface area contributed by atoms with Crippen molar-refractivity contribution in [2.45, 2.75) is 12.5 Å². The maximum atomic E-state index is 12.1. The minimum absolute atomic E-state index is 0. The van der Waals surface area contributed by atoms with E-state index in [4.69, 9.17) is 0 Å². The Bertz CT molecular complexity index is 400. The Kier molecular flexibility index (Phi) is 7.78. The standard InChI is InChI=1S/C11H14BrN3O.2ClH/c1-15(10-2-3-13-7-10)11(16)8-4-9(12)6-14-5-8;;/h4-6,10,13H,2-3,7H2,1H3;2*1H. The van der Waals surface area contributed by atoms with E-state index in [0.29, 0.717) is 11.6 Å². The third kappa shape index (κ3) is 4.09. The van der Waals surface area contributed by atoms with Crippen LogP contribution in [0.1, 0.15) is 16.8 Å². The van der Waals surface area contributed by atoms with Gasteiger partial charge in [0.25, 0.3) is 5.91 Å². The molecule has 1 aromatic heterocycles. The van der Waals surface area contributed by atoms with Gasteiger partial charge in [-0.3, -0.25) is 9.78 Å². The summed E-state index contributed by atoms with van der Waals surface area (Å²) in [6, 6.07) is 2.10. The molecule has 2 rings (SSSR count). The van der Waals surface area contributed by atoms with Crippen LogP contribution in [-0.2, 0) is 0 Å². The number of halogens is 3. The van der Waals surface area contributed by atoms with Crippen molar-refractivity contribution in [3.63, 3.8) is 0 Å². The molecule has 18 heavy (non-hydrogen) atoms. The minimum atomic E-state index is 0. The van der Waals surface area contributed by atoms with Crippen molar-refractivity contribution >= 4 is 46.7 Å². The molecule has 7 heteroatoms. The highest BCUT2D eigenvalue weighted by atomic mass is 79.9. The van der Waals surface area contributed by atoms with Crippen LogP contribution in [-0.4, -0.2) is 42.0 Å². The van der Waals surface area contributed by atoms with Crippen molar-refractivity contribution in [3.8, 4) is 0 Å². The second-order valence-electron chi connectivity index (χ2n) is 3.95. The number of likely N-dealkylation sites (N-methyl/N-ethyl adjacent to an activating group) is 1. The number of carbonyl (C=O) groups is 1. The van der Waals surface area contributed by atoms with Crippen molar-refractivity contribution in [2.75, 3.05) is 20.1 Å². The summed E-state index contributed by atoms with van der Waals surface area (Å²) in [6.07, 6.45) is 4.30. The molecule has 1 aliphatic rings. The van der Waals surface area contributed by atoms with Gasteiger partial charge in [0.1, 0.15) is 0 Å². The molecule has 1 atom stereocenters. The summed E-state index contributed by atoms with van der Waals surface area (Å²) in [5, 5.41) is 3.25. The first-order chi connectivity index (χ1) is 7.68. The fourth-order valence-corrected chi connectivity index (χ4v) is 2.23. The summed E-state index contributed by atoms with van der Waals surface area (Å²) < 4.78 is 0.830. The Balaban J connectivity index is 0.00000144. The molecule has 1 N–H and O–H groups in total. The van der Waals surface area contributed by atoms with Crippen LogP contribution in [0, 0.1) is 0 Å². The first kappa shape index (κ1) is 17.6. The van der Waals surface area contributed by atoms with Gasteiger partial charge in [-0.25, -0.2) is 0 Å². The molecule has 1 fully saturated rings. The van der Waals surface area contributed by atoms with E-state index in [0.717, 1.165) is 24.0 Å². The SMILES string of the molecule is CN(C(=O)c1cncc(Br)c1)C1CCNC1.Cl.Cl. The number of nitrogens with one attached hydrogen (secondary N) is 1. The van der Waals surface area contributed by atoms with E-state index in [1.165, 1.54) is 0 Å². The summed E-state index contributed by atoms with van der Waals surface area (Å²) in [4.78, 5) is 17.9. The zero-order valence-electron chi connectivity index (χ0n) is 9.93. The van der Waals surface area contributed by atoms with E-state index in [1.807, 2.05) is 7.05 Å². The van der Waals surface area contributed by atoms with Gasteiger partial charge in [0, 0.05) is 36.5 Å². The van der Waals surface area contributed by atoms with E-state index in [1.54, 1.807) is 23.4 Å². The van der Waals surface area contributed by atoms with Gasteiger partial charge >= 0.3 is 0 Å². The summed E-state index contributed by atoms with van der Waals surface area (Å²) in [6.45, 7) is 1.86. The lowest BCUT2D eigenvalue weighted by molar-refractivity contribution is 0.0743. The van der Waals surface area contributed by atoms with E-state index < -0.39 is 0 Å². The molecule has 0 aromatic carbocycles. The highest BCUT2D eigenvalue weighted by molar-refractivity contribution is 9.10. The Hall–Kier alpha value is -0.360. The third-order valence-corrected chi connectivity index (χ3v) is 3.29. The number of hydrogen-bond donors (Lipinski definition) is 1. The van der Waals surface area contributed by atoms with E-state index >= 15 is 0 Å². The molecule has 0 spiro atoms. The Labute approximate surface area is 127 Å². The average Bonchev–Trinajstić information content (AvgIpc) is 2.80. The topological polar surface area (TPSA) is 45.2 Å². The van der Waals surface area contributed by atoms with Crippen LogP contribution in [0.3, 0.4) is 0 Å². The van der Waals surface area contributed by atoms with Crippen LogP contribution in [0.5, 0.6) is 0 Å². The van der Waals surface area contributed by atoms with Crippen LogP contribution >= 0.6 is 40.7 Å². The largest absolute Gasteiger partial charge is 0.337 e. The van der Waals surface area contributed by atoms with E-state index in [2.05, 4.69) is 26.2 Å². The van der Waals surface area contributed by atoms with Gasteiger partial charge < -0.3 is 10.2 Å². The van der Waals surface area contributed by atoms with Crippen molar-refractivity contribution in [3.05, 3.63) is 28.5 Å². The molecule has 0 aliphatic carbocycles. The number of carbonyl (C=O) groups excluding carboxylic acids is 1. The molecule has 0 saturated carbocycles. The molecule has 102 valence electrons. The minimum Gasteiger partial charge on any atom is -0.337 e. The Morgan fingerprint density at radius 2 is 2.22 bits per heavy atom. The fraction of sp³-hybridized carbons (Fsp3) is 0.455. The zero-order valence-corrected chi connectivity index (χ0v) is 13.1. The lowest BCUT2D eigenvalue weighted by atomic mass is 10.2. The number of amides is 1. The van der Waals surface area contributed by atoms with E-state index in [9.17, 15) is 4.79 Å². The average molecular weight is 357 g/mol. The van der Waals surface area contributed by atoms with Gasteiger partial charge in [-0.1, -0.05) is 0 Å². The van der Waals surface area contributed by atoms with Gasteiger partial charge in [0.15, 0.2) is 0 Å². The molecular formula is C11H16BrCl2N3O. The van der Waals surface area contributed by atoms with Crippen LogP contribution in [0.25, 0.3) is 0 Å². The first-order valence-electron chi connectivity index (χ1n) is 5.27. The monoisotopic (exact) mass is 355 g/mol. The Morgan fingerprint density at radius 3 is 2.78 bits per heavy atom. The van der Waals surface area contributed by atoms with Crippen molar-refractivity contribution in [1.82, 2.24) is 15.2 Å². The molecule has 1 saturated heterocycles. The number of pyridine rings is 1. The maximum Gasteiger partial charge on any atom is 0.255 e. The van der Waals surface area contributed by atoms with Crippen LogP contribution in [0.2, 0.25) is 0 Å². The quantitative estimate of drug-likeness (QED) is 0.882. The van der Waals surface area contributed by atoms with Gasteiger partial charge in [0.2, 0.25) is 0 Å². The predicted octanol–water partition coefficient (Wildman–Crippen LogP) is 2.12. The van der Waals surface area contributed by atoms with Gasteiger partial charge in [-0.05, 0) is 35.0 Å². The van der Waals surface area contributed by atoms with Gasteiger partial charge in [-0.2, -0.15) is 0 Å². The summed E-state index contributed by atoms with van der Waals surface area (Å²) in [5.41, 5.74) is 0.628. The smallest absolute Gasteiger partial charge is 0.255 e. The summed E-state index contributed by atoms with van der Waals surface area (Å²) in [7, 11) is 1.85. The van der Waals surface area contributed by atoms with Crippen LogP contribution < -0.4 is 5.32 Å². The van der Waals surface area contributed by atoms with Crippen molar-refractivity contribution in [2.24, 2.45) is 0 Å². The molecule has 1 amide bonds. The fourth-order valence-electron chi connectivity index (χ4n) is 1.87. The molecule has 1 aliphatic heterocycles. The molecule has 0 bridgehead atoms. The molecule has 2 heterocycles. The maximum absolute atomic E-state index is 12.1. The first-order valence-corrected chi connectivity index (χ1v) is 6.06. The molecule has 4 nitrogen and oxygen atoms in total. The molecule has 1 aromatic rings. The second-order valence-corrected chi connectivity index (χ2v) is 4.87. The third-order valence-electron chi connectivity index (χ3n) is 2.85. The summed E-state index contributed by atoms with van der Waals surface area (Å²) in [5.74, 6) is 0.0301. The number of aromatic nitrogens is 1. The second kappa shape index (κ2) is 7.94. The predicted molar refractivity (Wildman–Crippen MR) is 79.8 cm³/mol. The number of rotatable bonds is 2. The van der Waals surface area contributed by atoms with Gasteiger partial charge in [0.05, 0.1) is 5.56 Å². The zero-order chi connectivity index (χ0) is 11.5. The molecule has 1 unspecified atom stereocenters. The molecule has 0 radical (unpaired) electrons. The van der Waals surface area contributed by atoms with Crippen LogP contribution in [0.15, 0.2) is 22.9 Å². The van der Waals surface area contributed by atoms with Crippen LogP contribution in [0.4, 0.5) is 0 Å². The highest BCUT2D eigenvalue weighted by Crippen LogP contribution is 2.14. The highest BCUT2D eigenvalue weighted by Gasteiger charge is 2.24. The Morgan fingerprint density at radius 1 is 1.50 bits per heavy atom.